The van der Waals surface area contributed by atoms with E-state index in [1.807, 2.05) is 13.8 Å². The molecule has 2 aromatic heterocycles. The Balaban J connectivity index is 1.79. The number of aryl methyl sites for hydroxylation is 3. The van der Waals surface area contributed by atoms with Crippen molar-refractivity contribution in [3.05, 3.63) is 91.0 Å². The van der Waals surface area contributed by atoms with Crippen molar-refractivity contribution >= 4 is 39.3 Å². The van der Waals surface area contributed by atoms with Gasteiger partial charge in [0.25, 0.3) is 5.91 Å². The largest absolute Gasteiger partial charge is 0.465 e. The molecule has 172 valence electrons. The van der Waals surface area contributed by atoms with Gasteiger partial charge in [-0.15, -0.1) is 0 Å². The van der Waals surface area contributed by atoms with Crippen LogP contribution in [0, 0.1) is 26.6 Å². The molecule has 0 saturated heterocycles. The van der Waals surface area contributed by atoms with Gasteiger partial charge in [-0.1, -0.05) is 23.5 Å². The number of benzene rings is 2. The van der Waals surface area contributed by atoms with Gasteiger partial charge >= 0.3 is 5.97 Å². The molecule has 7 nitrogen and oxygen atoms in total. The Kier molecular flexibility index (Phi) is 5.09. The Morgan fingerprint density at radius 2 is 1.79 bits per heavy atom. The van der Waals surface area contributed by atoms with Gasteiger partial charge in [-0.2, -0.15) is 0 Å². The summed E-state index contributed by atoms with van der Waals surface area (Å²) < 4.78 is 24.5. The first-order valence-electron chi connectivity index (χ1n) is 10.4. The first-order chi connectivity index (χ1) is 16.2. The van der Waals surface area contributed by atoms with E-state index in [9.17, 15) is 18.8 Å². The van der Waals surface area contributed by atoms with Crippen LogP contribution in [0.15, 0.2) is 45.6 Å². The molecule has 9 heteroatoms. The van der Waals surface area contributed by atoms with Crippen LogP contribution in [-0.4, -0.2) is 24.0 Å². The first-order valence-corrected chi connectivity index (χ1v) is 11.3. The van der Waals surface area contributed by atoms with Crippen molar-refractivity contribution in [1.29, 1.82) is 0 Å². The van der Waals surface area contributed by atoms with Crippen LogP contribution >= 0.6 is 11.3 Å². The summed E-state index contributed by atoms with van der Waals surface area (Å²) in [5.41, 5.74) is 2.86. The molecule has 0 saturated carbocycles. The number of rotatable bonds is 3. The third kappa shape index (κ3) is 3.23. The number of carbonyl (C=O) groups excluding carboxylic acids is 2. The van der Waals surface area contributed by atoms with Crippen LogP contribution in [0.5, 0.6) is 0 Å². The zero-order valence-corrected chi connectivity index (χ0v) is 19.6. The van der Waals surface area contributed by atoms with E-state index in [1.54, 1.807) is 19.1 Å². The number of esters is 1. The molecule has 0 bridgehead atoms. The van der Waals surface area contributed by atoms with Crippen LogP contribution in [0.3, 0.4) is 0 Å². The van der Waals surface area contributed by atoms with E-state index >= 15 is 0 Å². The highest BCUT2D eigenvalue weighted by Crippen LogP contribution is 2.43. The molecule has 0 unspecified atom stereocenters. The number of methoxy groups -OCH3 is 1. The van der Waals surface area contributed by atoms with Crippen molar-refractivity contribution in [2.75, 3.05) is 12.0 Å². The van der Waals surface area contributed by atoms with Crippen molar-refractivity contribution < 1.29 is 23.1 Å². The van der Waals surface area contributed by atoms with Gasteiger partial charge in [-0.3, -0.25) is 14.5 Å². The second-order valence-corrected chi connectivity index (χ2v) is 9.12. The van der Waals surface area contributed by atoms with E-state index < -0.39 is 23.7 Å². The average molecular weight is 479 g/mol. The quantitative estimate of drug-likeness (QED) is 0.391. The van der Waals surface area contributed by atoms with Crippen molar-refractivity contribution in [3.8, 4) is 0 Å². The van der Waals surface area contributed by atoms with Gasteiger partial charge < -0.3 is 9.15 Å². The van der Waals surface area contributed by atoms with Gasteiger partial charge in [0.05, 0.1) is 29.8 Å². The minimum Gasteiger partial charge on any atom is -0.465 e. The molecule has 0 radical (unpaired) electrons. The third-order valence-corrected chi connectivity index (χ3v) is 7.17. The number of ether oxygens (including phenoxy) is 1. The van der Waals surface area contributed by atoms with Gasteiger partial charge in [0.15, 0.2) is 10.6 Å². The summed E-state index contributed by atoms with van der Waals surface area (Å²) in [7, 11) is 1.26. The lowest BCUT2D eigenvalue weighted by Gasteiger charge is -2.22. The first kappa shape index (κ1) is 22.0. The molecule has 4 aromatic rings. The zero-order chi connectivity index (χ0) is 24.3. The maximum absolute atomic E-state index is 13.7. The van der Waals surface area contributed by atoms with E-state index in [0.29, 0.717) is 22.2 Å². The highest BCUT2D eigenvalue weighted by atomic mass is 32.1. The van der Waals surface area contributed by atoms with E-state index in [0.717, 1.165) is 22.5 Å². The average Bonchev–Trinajstić information content (AvgIpc) is 3.33. The Bertz CT molecular complexity index is 1550. The molecule has 5 rings (SSSR count). The molecular weight excluding hydrogens is 459 g/mol. The van der Waals surface area contributed by atoms with Crippen LogP contribution in [-0.2, 0) is 4.74 Å². The number of aromatic nitrogens is 1. The number of nitrogens with zero attached hydrogens (tertiary/aromatic N) is 2. The fourth-order valence-corrected chi connectivity index (χ4v) is 5.16. The van der Waals surface area contributed by atoms with E-state index in [4.69, 9.17) is 9.15 Å². The van der Waals surface area contributed by atoms with Crippen molar-refractivity contribution in [1.82, 2.24) is 4.98 Å². The predicted molar refractivity (Wildman–Crippen MR) is 125 cm³/mol. The highest BCUT2D eigenvalue weighted by molar-refractivity contribution is 7.17. The fourth-order valence-electron chi connectivity index (χ4n) is 4.15. The Morgan fingerprint density at radius 1 is 1.12 bits per heavy atom. The van der Waals surface area contributed by atoms with E-state index in [-0.39, 0.29) is 26.8 Å². The SMILES string of the molecule is COC(=O)c1sc(N2C(=O)c3oc4cc(C)c(C)cc4c(=O)c3[C@@H]2c2ccc(F)cc2)nc1C. The molecule has 0 N–H and O–H groups in total. The monoisotopic (exact) mass is 478 g/mol. The number of fused-ring (bicyclic) bond motifs is 2. The number of halogens is 1. The maximum Gasteiger partial charge on any atom is 0.350 e. The summed E-state index contributed by atoms with van der Waals surface area (Å²) in [5, 5.41) is 0.564. The van der Waals surface area contributed by atoms with Crippen molar-refractivity contribution in [2.24, 2.45) is 0 Å². The Labute approximate surface area is 197 Å². The molecule has 1 amide bonds. The van der Waals surface area contributed by atoms with Crippen molar-refractivity contribution in [2.45, 2.75) is 26.8 Å². The smallest absolute Gasteiger partial charge is 0.350 e. The van der Waals surface area contributed by atoms with Gasteiger partial charge in [-0.25, -0.2) is 14.2 Å². The number of hydrogen-bond acceptors (Lipinski definition) is 7. The lowest BCUT2D eigenvalue weighted by atomic mass is 9.97. The summed E-state index contributed by atoms with van der Waals surface area (Å²) in [6.07, 6.45) is 0. The molecule has 0 aliphatic carbocycles. The van der Waals surface area contributed by atoms with Crippen LogP contribution in [0.1, 0.15) is 54.2 Å². The molecule has 1 aliphatic rings. The number of thiazole rings is 1. The Hall–Kier alpha value is -3.85. The predicted octanol–water partition coefficient (Wildman–Crippen LogP) is 4.85. The third-order valence-electron chi connectivity index (χ3n) is 6.03. The molecular formula is C25H19FN2O5S. The number of hydrogen-bond donors (Lipinski definition) is 0. The number of carbonyl (C=O) groups is 2. The fraction of sp³-hybridized carbons (Fsp3) is 0.200. The summed E-state index contributed by atoms with van der Waals surface area (Å²) in [6.45, 7) is 5.42. The van der Waals surface area contributed by atoms with Gasteiger partial charge in [0.1, 0.15) is 16.3 Å². The highest BCUT2D eigenvalue weighted by Gasteiger charge is 2.45. The molecule has 1 aliphatic heterocycles. The lowest BCUT2D eigenvalue weighted by molar-refractivity contribution is 0.0605. The van der Waals surface area contributed by atoms with Gasteiger partial charge in [-0.05, 0) is 61.7 Å². The van der Waals surface area contributed by atoms with Crippen molar-refractivity contribution in [3.63, 3.8) is 0 Å². The minimum atomic E-state index is -0.901. The van der Waals surface area contributed by atoms with Gasteiger partial charge in [0.2, 0.25) is 5.76 Å². The second-order valence-electron chi connectivity index (χ2n) is 8.14. The van der Waals surface area contributed by atoms with Gasteiger partial charge in [0, 0.05) is 0 Å². The summed E-state index contributed by atoms with van der Waals surface area (Å²) in [4.78, 5) is 45.5. The molecule has 3 heterocycles. The number of anilines is 1. The normalized spacial score (nSPS) is 15.1. The lowest BCUT2D eigenvalue weighted by Crippen LogP contribution is -2.29. The van der Waals surface area contributed by atoms with E-state index in [2.05, 4.69) is 4.98 Å². The molecule has 0 spiro atoms. The number of amides is 1. The van der Waals surface area contributed by atoms with E-state index in [1.165, 1.54) is 36.3 Å². The minimum absolute atomic E-state index is 0.0949. The van der Waals surface area contributed by atoms with Crippen LogP contribution in [0.2, 0.25) is 0 Å². The molecule has 2 aromatic carbocycles. The summed E-state index contributed by atoms with van der Waals surface area (Å²) in [5.74, 6) is -1.68. The standard InChI is InChI=1S/C25H19FN2O5S/c1-11-9-16-17(10-12(11)2)33-21-18(20(16)29)19(14-5-7-15(26)8-6-14)28(23(21)30)25-27-13(3)22(34-25)24(31)32-4/h5-10,19H,1-4H3/t19-/m0/s1. The second kappa shape index (κ2) is 7.88. The summed E-state index contributed by atoms with van der Waals surface area (Å²) >= 11 is 0.982. The Morgan fingerprint density at radius 3 is 2.47 bits per heavy atom. The molecule has 34 heavy (non-hydrogen) atoms. The summed E-state index contributed by atoms with van der Waals surface area (Å²) in [6, 6.07) is 8.13. The topological polar surface area (TPSA) is 89.7 Å². The maximum atomic E-state index is 13.7. The molecule has 1 atom stereocenters. The van der Waals surface area contributed by atoms with Crippen LogP contribution in [0.4, 0.5) is 9.52 Å². The zero-order valence-electron chi connectivity index (χ0n) is 18.8. The molecule has 0 fully saturated rings. The van der Waals surface area contributed by atoms with Crippen LogP contribution < -0.4 is 10.3 Å². The van der Waals surface area contributed by atoms with Crippen LogP contribution in [0.25, 0.3) is 11.0 Å².